The molecular formula is C7H10. The van der Waals surface area contributed by atoms with Crippen LogP contribution in [0.5, 0.6) is 0 Å². The van der Waals surface area contributed by atoms with E-state index in [2.05, 4.69) is 0 Å². The van der Waals surface area contributed by atoms with Gasteiger partial charge >= 0.3 is 0 Å². The Kier molecular flexibility index (Phi) is 0.296. The van der Waals surface area contributed by atoms with E-state index in [9.17, 15) is 0 Å². The summed E-state index contributed by atoms with van der Waals surface area (Å²) < 4.78 is 0. The maximum absolute atomic E-state index is 1.62. The van der Waals surface area contributed by atoms with E-state index in [-0.39, 0.29) is 0 Å². The summed E-state index contributed by atoms with van der Waals surface area (Å²) in [7, 11) is 0. The average Bonchev–Trinajstić information content (AvgIpc) is 2.47. The van der Waals surface area contributed by atoms with Crippen molar-refractivity contribution in [2.24, 2.45) is 23.7 Å². The predicted molar refractivity (Wildman–Crippen MR) is 27.8 cm³/mol. The lowest BCUT2D eigenvalue weighted by atomic mass is 10.2. The van der Waals surface area contributed by atoms with Crippen LogP contribution in [0.3, 0.4) is 0 Å². The lowest BCUT2D eigenvalue weighted by molar-refractivity contribution is 0.689. The van der Waals surface area contributed by atoms with Crippen molar-refractivity contribution < 1.29 is 0 Å². The van der Waals surface area contributed by atoms with Crippen LogP contribution in [0.4, 0.5) is 0 Å². The largest absolute Gasteiger partial charge is 0.0470 e. The fraction of sp³-hybridized carbons (Fsp3) is 1.00. The zero-order valence-corrected chi connectivity index (χ0v) is 4.43. The third kappa shape index (κ3) is 0.240. The van der Waals surface area contributed by atoms with Crippen LogP contribution in [0, 0.1) is 23.7 Å². The van der Waals surface area contributed by atoms with Gasteiger partial charge in [-0.3, -0.25) is 0 Å². The van der Waals surface area contributed by atoms with Gasteiger partial charge in [-0.15, -0.1) is 0 Å². The summed E-state index contributed by atoms with van der Waals surface area (Å²) in [5.41, 5.74) is 0. The molecule has 3 saturated carbocycles. The van der Waals surface area contributed by atoms with Gasteiger partial charge in [0, 0.05) is 0 Å². The Bertz CT molecular complexity index is 103. The summed E-state index contributed by atoms with van der Waals surface area (Å²) >= 11 is 0. The van der Waals surface area contributed by atoms with Gasteiger partial charge in [0.25, 0.3) is 0 Å². The van der Waals surface area contributed by atoms with Crippen molar-refractivity contribution in [2.45, 2.75) is 19.3 Å². The molecule has 3 fully saturated rings. The Hall–Kier alpha value is 0. The second kappa shape index (κ2) is 0.667. The van der Waals surface area contributed by atoms with Crippen LogP contribution in [-0.4, -0.2) is 0 Å². The minimum atomic E-state index is 1.24. The maximum Gasteiger partial charge on any atom is -0.0352 e. The maximum atomic E-state index is 1.62. The predicted octanol–water partition coefficient (Wildman–Crippen LogP) is 1.66. The molecule has 0 heterocycles. The van der Waals surface area contributed by atoms with Crippen LogP contribution in [0.25, 0.3) is 0 Å². The molecule has 0 saturated heterocycles. The highest BCUT2D eigenvalue weighted by atomic mass is 14.7. The highest BCUT2D eigenvalue weighted by molar-refractivity contribution is 5.10. The van der Waals surface area contributed by atoms with Gasteiger partial charge in [0.1, 0.15) is 0 Å². The third-order valence-corrected chi connectivity index (χ3v) is 3.11. The molecule has 0 heteroatoms. The Labute approximate surface area is 43.9 Å². The SMILES string of the molecule is C1[C@@H]2C[C@@H]2[C@H]2C[C@H]12. The van der Waals surface area contributed by atoms with Crippen molar-refractivity contribution in [3.8, 4) is 0 Å². The van der Waals surface area contributed by atoms with Gasteiger partial charge in [-0.05, 0) is 42.9 Å². The lowest BCUT2D eigenvalue weighted by Gasteiger charge is -1.82. The molecule has 3 aliphatic rings. The molecule has 0 bridgehead atoms. The Morgan fingerprint density at radius 2 is 1.29 bits per heavy atom. The first-order chi connectivity index (χ1) is 3.45. The summed E-state index contributed by atoms with van der Waals surface area (Å²) in [5.74, 6) is 4.99. The average molecular weight is 94.2 g/mol. The fourth-order valence-corrected chi connectivity index (χ4v) is 2.52. The van der Waals surface area contributed by atoms with E-state index in [0.717, 1.165) is 0 Å². The summed E-state index contributed by atoms with van der Waals surface area (Å²) in [6.07, 6.45) is 4.84. The Morgan fingerprint density at radius 1 is 0.714 bits per heavy atom. The normalized spacial score (nSPS) is 72.0. The number of rotatable bonds is 0. The van der Waals surface area contributed by atoms with Crippen LogP contribution in [0.15, 0.2) is 0 Å². The molecule has 0 spiro atoms. The van der Waals surface area contributed by atoms with Crippen LogP contribution in [-0.2, 0) is 0 Å². The molecule has 38 valence electrons. The monoisotopic (exact) mass is 94.1 g/mol. The van der Waals surface area contributed by atoms with E-state index in [1.807, 2.05) is 0 Å². The van der Waals surface area contributed by atoms with Crippen LogP contribution in [0.2, 0.25) is 0 Å². The summed E-state index contributed by atoms with van der Waals surface area (Å²) in [6, 6.07) is 0. The molecule has 0 aromatic rings. The molecule has 7 heavy (non-hydrogen) atoms. The molecule has 3 rings (SSSR count). The first kappa shape index (κ1) is 3.11. The van der Waals surface area contributed by atoms with Crippen LogP contribution >= 0.6 is 0 Å². The molecule has 0 N–H and O–H groups in total. The highest BCUT2D eigenvalue weighted by Crippen LogP contribution is 2.69. The summed E-state index contributed by atoms with van der Waals surface area (Å²) in [5, 5.41) is 0. The van der Waals surface area contributed by atoms with E-state index < -0.39 is 0 Å². The second-order valence-electron chi connectivity index (χ2n) is 3.55. The number of fused-ring (bicyclic) bond motifs is 3. The van der Waals surface area contributed by atoms with Crippen molar-refractivity contribution in [2.75, 3.05) is 0 Å². The van der Waals surface area contributed by atoms with Gasteiger partial charge in [-0.25, -0.2) is 0 Å². The number of hydrogen-bond acceptors (Lipinski definition) is 0. The van der Waals surface area contributed by atoms with Gasteiger partial charge in [0.2, 0.25) is 0 Å². The van der Waals surface area contributed by atoms with Gasteiger partial charge < -0.3 is 0 Å². The van der Waals surface area contributed by atoms with E-state index in [4.69, 9.17) is 0 Å². The molecular weight excluding hydrogens is 84.1 g/mol. The molecule has 0 aromatic carbocycles. The van der Waals surface area contributed by atoms with E-state index in [1.165, 1.54) is 23.7 Å². The van der Waals surface area contributed by atoms with Gasteiger partial charge in [-0.1, -0.05) is 0 Å². The fourth-order valence-electron chi connectivity index (χ4n) is 2.52. The molecule has 0 amide bonds. The second-order valence-corrected chi connectivity index (χ2v) is 3.55. The smallest absolute Gasteiger partial charge is 0.0352 e. The first-order valence-corrected chi connectivity index (χ1v) is 3.45. The minimum absolute atomic E-state index is 1.24. The summed E-state index contributed by atoms with van der Waals surface area (Å²) in [6.45, 7) is 0. The molecule has 0 aliphatic heterocycles. The van der Waals surface area contributed by atoms with Gasteiger partial charge in [-0.2, -0.15) is 0 Å². The summed E-state index contributed by atoms with van der Waals surface area (Å²) in [4.78, 5) is 0. The van der Waals surface area contributed by atoms with Gasteiger partial charge in [0.05, 0.1) is 0 Å². The molecule has 0 aromatic heterocycles. The minimum Gasteiger partial charge on any atom is -0.0470 e. The van der Waals surface area contributed by atoms with Gasteiger partial charge in [0.15, 0.2) is 0 Å². The third-order valence-electron chi connectivity index (χ3n) is 3.11. The zero-order valence-electron chi connectivity index (χ0n) is 4.43. The first-order valence-electron chi connectivity index (χ1n) is 3.45. The topological polar surface area (TPSA) is 0 Å². The van der Waals surface area contributed by atoms with Crippen molar-refractivity contribution in [1.82, 2.24) is 0 Å². The highest BCUT2D eigenvalue weighted by Gasteiger charge is 2.60. The van der Waals surface area contributed by atoms with Crippen molar-refractivity contribution in [1.29, 1.82) is 0 Å². The van der Waals surface area contributed by atoms with Crippen molar-refractivity contribution in [3.63, 3.8) is 0 Å². The molecule has 3 aliphatic carbocycles. The van der Waals surface area contributed by atoms with E-state index in [0.29, 0.717) is 0 Å². The van der Waals surface area contributed by atoms with Crippen molar-refractivity contribution >= 4 is 0 Å². The standard InChI is InChI=1S/C7H10/c1-4-2-6(4)7-3-5(1)7/h4-7H,1-3H2/t4-,5+,6-,7-/m0/s1. The lowest BCUT2D eigenvalue weighted by Crippen LogP contribution is -1.72. The van der Waals surface area contributed by atoms with Crippen LogP contribution in [0.1, 0.15) is 19.3 Å². The molecule has 4 atom stereocenters. The van der Waals surface area contributed by atoms with Crippen LogP contribution < -0.4 is 0 Å². The quantitative estimate of drug-likeness (QED) is 0.428. The number of hydrogen-bond donors (Lipinski definition) is 0. The molecule has 0 unspecified atom stereocenters. The zero-order chi connectivity index (χ0) is 4.43. The molecule has 0 radical (unpaired) electrons. The van der Waals surface area contributed by atoms with Crippen molar-refractivity contribution in [3.05, 3.63) is 0 Å². The van der Waals surface area contributed by atoms with E-state index in [1.54, 1.807) is 19.3 Å². The molecule has 0 nitrogen and oxygen atoms in total. The Balaban J connectivity index is 2.02. The Morgan fingerprint density at radius 3 is 1.57 bits per heavy atom. The van der Waals surface area contributed by atoms with E-state index >= 15 is 0 Å².